The van der Waals surface area contributed by atoms with E-state index in [0.29, 0.717) is 18.8 Å². The number of likely N-dealkylation sites (N-methyl/N-ethyl adjacent to an activating group) is 2. The molecule has 0 bridgehead atoms. The van der Waals surface area contributed by atoms with E-state index in [-0.39, 0.29) is 49.7 Å². The van der Waals surface area contributed by atoms with Crippen LogP contribution in [-0.2, 0) is 9.47 Å². The summed E-state index contributed by atoms with van der Waals surface area (Å²) in [5, 5.41) is 24.5. The fourth-order valence-electron chi connectivity index (χ4n) is 5.25. The highest BCUT2D eigenvalue weighted by atomic mass is 19.1. The van der Waals surface area contributed by atoms with Crippen LogP contribution in [0, 0.1) is 26.0 Å². The summed E-state index contributed by atoms with van der Waals surface area (Å²) in [6.45, 7) is 22.4. The minimum atomic E-state index is -0.658. The van der Waals surface area contributed by atoms with Gasteiger partial charge in [-0.25, -0.2) is 4.39 Å². The summed E-state index contributed by atoms with van der Waals surface area (Å²) in [7, 11) is 0. The number of nitrogens with zero attached hydrogens (tertiary/aromatic N) is 5. The first kappa shape index (κ1) is 45.4. The number of nitro benzene ring substituents is 2. The van der Waals surface area contributed by atoms with Gasteiger partial charge in [0.25, 0.3) is 11.4 Å². The van der Waals surface area contributed by atoms with Gasteiger partial charge >= 0.3 is 0 Å². The van der Waals surface area contributed by atoms with Crippen LogP contribution in [0.25, 0.3) is 0 Å². The molecular weight excluding hydrogens is 635 g/mol. The molecule has 5 N–H and O–H groups in total. The zero-order valence-corrected chi connectivity index (χ0v) is 28.6. The average molecular weight is 697 g/mol. The minimum absolute atomic E-state index is 0. The van der Waals surface area contributed by atoms with E-state index in [0.717, 1.165) is 82.9 Å². The molecule has 0 amide bonds. The van der Waals surface area contributed by atoms with Gasteiger partial charge in [0.1, 0.15) is 17.2 Å². The number of anilines is 3. The van der Waals surface area contributed by atoms with Gasteiger partial charge in [0.2, 0.25) is 0 Å². The lowest BCUT2D eigenvalue weighted by atomic mass is 10.1. The Hall–Kier alpha value is -3.63. The Morgan fingerprint density at radius 1 is 0.837 bits per heavy atom. The van der Waals surface area contributed by atoms with E-state index >= 15 is 0 Å². The second-order valence-electron chi connectivity index (χ2n) is 11.7. The second kappa shape index (κ2) is 22.9. The largest absolute Gasteiger partial charge is 0.393 e. The maximum atomic E-state index is 12.3. The lowest BCUT2D eigenvalue weighted by Crippen LogP contribution is -2.52. The summed E-state index contributed by atoms with van der Waals surface area (Å²) >= 11 is 0. The molecule has 0 aromatic heterocycles. The van der Waals surface area contributed by atoms with E-state index in [1.165, 1.54) is 6.07 Å². The topological polar surface area (TPSA) is 179 Å². The molecule has 4 atom stereocenters. The van der Waals surface area contributed by atoms with Crippen LogP contribution in [0.15, 0.2) is 36.4 Å². The Morgan fingerprint density at radius 3 is 1.78 bits per heavy atom. The predicted molar refractivity (Wildman–Crippen MR) is 198 cm³/mol. The van der Waals surface area contributed by atoms with Crippen molar-refractivity contribution in [1.82, 2.24) is 15.1 Å². The number of hydrogen-bond acceptors (Lipinski definition) is 12. The number of halogens is 1. The van der Waals surface area contributed by atoms with Crippen molar-refractivity contribution in [2.75, 3.05) is 81.9 Å². The lowest BCUT2D eigenvalue weighted by Gasteiger charge is -2.41. The fraction of sp³-hybridized carbons (Fsp3) is 0.647. The van der Waals surface area contributed by atoms with E-state index in [1.807, 2.05) is 0 Å². The van der Waals surface area contributed by atoms with Crippen LogP contribution in [0.4, 0.5) is 32.8 Å². The third kappa shape index (κ3) is 14.8. The van der Waals surface area contributed by atoms with Crippen molar-refractivity contribution in [2.45, 2.75) is 80.7 Å². The number of benzene rings is 2. The summed E-state index contributed by atoms with van der Waals surface area (Å²) in [6.07, 6.45) is 0.513. The van der Waals surface area contributed by atoms with E-state index < -0.39 is 15.7 Å². The first-order valence-corrected chi connectivity index (χ1v) is 16.2. The number of morpholine rings is 2. The van der Waals surface area contributed by atoms with Crippen LogP contribution in [0.1, 0.15) is 56.4 Å². The summed E-state index contributed by atoms with van der Waals surface area (Å²) < 4.78 is 24.0. The number of nitrogens with one attached hydrogen (secondary N) is 1. The molecule has 0 unspecified atom stereocenters. The third-order valence-electron chi connectivity index (χ3n) is 8.22. The SMILES string of the molecule is C.C.CCN(CC)C[C@@H]1CN(c2ccc([N+](=O)[O-])c(N)c2)[C@@H](C)CO1.CCN(CC)C[C@@H]1CN[C@@H](C)CO1.Nc1cc(F)ccc1[N+](=O)[O-]. The zero-order chi connectivity index (χ0) is 35.1. The van der Waals surface area contributed by atoms with Gasteiger partial charge in [0.05, 0.1) is 35.3 Å². The molecule has 0 spiro atoms. The Labute approximate surface area is 292 Å². The molecule has 2 aliphatic heterocycles. The molecule has 2 fully saturated rings. The van der Waals surface area contributed by atoms with Crippen molar-refractivity contribution in [2.24, 2.45) is 0 Å². The van der Waals surface area contributed by atoms with E-state index in [1.54, 1.807) is 12.1 Å². The monoisotopic (exact) mass is 696 g/mol. The van der Waals surface area contributed by atoms with E-state index in [2.05, 4.69) is 61.6 Å². The molecule has 4 rings (SSSR count). The van der Waals surface area contributed by atoms with Crippen molar-refractivity contribution in [3.8, 4) is 0 Å². The van der Waals surface area contributed by atoms with Crippen molar-refractivity contribution in [1.29, 1.82) is 0 Å². The number of hydrogen-bond donors (Lipinski definition) is 3. The minimum Gasteiger partial charge on any atom is -0.393 e. The van der Waals surface area contributed by atoms with Crippen LogP contribution in [0.3, 0.4) is 0 Å². The Morgan fingerprint density at radius 2 is 1.33 bits per heavy atom. The summed E-state index contributed by atoms with van der Waals surface area (Å²) in [6, 6.07) is 8.61. The molecule has 2 saturated heterocycles. The standard InChI is InChI=1S/C16H26N4O3.C10H22N2O.C6H5FN2O2.2CH4/c1-4-18(5-2)9-14-10-19(12(3)11-23-14)13-6-7-16(20(21)22)15(17)8-13;1-4-12(5-2)7-10-6-11-9(3)8-13-10;7-4-1-2-6(9(10)11)5(8)3-4;;/h6-8,12,14H,4-5,9-11,17H2,1-3H3;9-11H,4-8H2,1-3H3;1-3H,8H2;2*1H4/t12-,14+;9-,10-;;;/m00.../s1. The second-order valence-corrected chi connectivity index (χ2v) is 11.7. The normalized spacial score (nSPS) is 20.1. The maximum absolute atomic E-state index is 12.3. The number of nitrogen functional groups attached to an aromatic ring is 2. The van der Waals surface area contributed by atoms with Gasteiger partial charge < -0.3 is 41.0 Å². The van der Waals surface area contributed by atoms with E-state index in [9.17, 15) is 24.6 Å². The molecule has 0 saturated carbocycles. The van der Waals surface area contributed by atoms with Gasteiger partial charge in [-0.05, 0) is 58.2 Å². The van der Waals surface area contributed by atoms with E-state index in [4.69, 9.17) is 20.9 Å². The summed E-state index contributed by atoms with van der Waals surface area (Å²) in [5.74, 6) is -0.576. The number of nitro groups is 2. The molecule has 0 radical (unpaired) electrons. The van der Waals surface area contributed by atoms with Gasteiger partial charge in [-0.2, -0.15) is 0 Å². The first-order valence-electron chi connectivity index (χ1n) is 16.2. The number of ether oxygens (including phenoxy) is 2. The van der Waals surface area contributed by atoms with Crippen LogP contribution >= 0.6 is 0 Å². The molecule has 2 aromatic carbocycles. The molecule has 14 nitrogen and oxygen atoms in total. The molecule has 0 aliphatic carbocycles. The van der Waals surface area contributed by atoms with Crippen molar-refractivity contribution in [3.63, 3.8) is 0 Å². The fourth-order valence-corrected chi connectivity index (χ4v) is 5.25. The molecule has 2 aromatic rings. The first-order chi connectivity index (χ1) is 22.3. The van der Waals surface area contributed by atoms with Crippen molar-refractivity contribution < 1.29 is 23.7 Å². The average Bonchev–Trinajstić information content (AvgIpc) is 3.04. The molecule has 2 heterocycles. The van der Waals surface area contributed by atoms with Crippen LogP contribution in [-0.4, -0.2) is 110 Å². The highest BCUT2D eigenvalue weighted by Crippen LogP contribution is 2.29. The van der Waals surface area contributed by atoms with Gasteiger partial charge in [0.15, 0.2) is 0 Å². The molecule has 15 heteroatoms. The van der Waals surface area contributed by atoms with Crippen molar-refractivity contribution >= 4 is 28.4 Å². The molecule has 280 valence electrons. The Bertz CT molecular complexity index is 1260. The van der Waals surface area contributed by atoms with Gasteiger partial charge in [-0.15, -0.1) is 0 Å². The molecule has 2 aliphatic rings. The third-order valence-corrected chi connectivity index (χ3v) is 8.22. The lowest BCUT2D eigenvalue weighted by molar-refractivity contribution is -0.384. The summed E-state index contributed by atoms with van der Waals surface area (Å²) in [5.41, 5.74) is 11.6. The predicted octanol–water partition coefficient (Wildman–Crippen LogP) is 5.41. The van der Waals surface area contributed by atoms with Crippen LogP contribution < -0.4 is 21.7 Å². The quantitative estimate of drug-likeness (QED) is 0.155. The molecular formula is C34H61FN8O6. The molecule has 49 heavy (non-hydrogen) atoms. The van der Waals surface area contributed by atoms with Gasteiger partial charge in [-0.3, -0.25) is 20.2 Å². The number of rotatable bonds is 11. The van der Waals surface area contributed by atoms with Crippen LogP contribution in [0.5, 0.6) is 0 Å². The summed E-state index contributed by atoms with van der Waals surface area (Å²) in [4.78, 5) is 26.9. The maximum Gasteiger partial charge on any atom is 0.292 e. The Balaban J connectivity index is 0.000000755. The van der Waals surface area contributed by atoms with Gasteiger partial charge in [-0.1, -0.05) is 42.5 Å². The highest BCUT2D eigenvalue weighted by Gasteiger charge is 2.28. The Kier molecular flexibility index (Phi) is 21.2. The smallest absolute Gasteiger partial charge is 0.292 e. The van der Waals surface area contributed by atoms with Gasteiger partial charge in [0, 0.05) is 62.1 Å². The number of nitrogens with two attached hydrogens (primary N) is 2. The zero-order valence-electron chi connectivity index (χ0n) is 28.6. The van der Waals surface area contributed by atoms with Crippen LogP contribution in [0.2, 0.25) is 0 Å². The highest BCUT2D eigenvalue weighted by molar-refractivity contribution is 5.67. The van der Waals surface area contributed by atoms with Crippen molar-refractivity contribution in [3.05, 3.63) is 62.4 Å².